The van der Waals surface area contributed by atoms with Gasteiger partial charge >= 0.3 is 5.97 Å². The van der Waals surface area contributed by atoms with E-state index in [1.54, 1.807) is 36.1 Å². The Labute approximate surface area is 126 Å². The predicted octanol–water partition coefficient (Wildman–Crippen LogP) is 0.599. The first kappa shape index (κ1) is 14.2. The largest absolute Gasteiger partial charge is 0.481 e. The fraction of sp³-hybridized carbons (Fsp3) is 0.357. The number of aromatic nitrogens is 4. The average Bonchev–Trinajstić information content (AvgIpc) is 3.17. The number of carboxylic acid groups (broad SMARTS) is 1. The Morgan fingerprint density at radius 3 is 2.55 bits per heavy atom. The van der Waals surface area contributed by atoms with Crippen LogP contribution in [0.2, 0.25) is 0 Å². The summed E-state index contributed by atoms with van der Waals surface area (Å²) in [6.45, 7) is 2.36. The molecule has 0 saturated carbocycles. The van der Waals surface area contributed by atoms with E-state index in [0.29, 0.717) is 18.5 Å². The number of tetrazole rings is 1. The molecular formula is C14H15N5O3. The summed E-state index contributed by atoms with van der Waals surface area (Å²) in [5, 5.41) is 20.1. The van der Waals surface area contributed by atoms with Crippen molar-refractivity contribution in [3.05, 3.63) is 36.2 Å². The number of rotatable bonds is 3. The van der Waals surface area contributed by atoms with Crippen molar-refractivity contribution in [2.45, 2.75) is 13.3 Å². The Morgan fingerprint density at radius 2 is 2.00 bits per heavy atom. The predicted molar refractivity (Wildman–Crippen MR) is 75.4 cm³/mol. The molecular weight excluding hydrogens is 286 g/mol. The molecule has 1 aromatic heterocycles. The molecule has 1 N–H and O–H groups in total. The van der Waals surface area contributed by atoms with Crippen LogP contribution in [0.15, 0.2) is 30.6 Å². The lowest BCUT2D eigenvalue weighted by atomic mass is 9.90. The van der Waals surface area contributed by atoms with E-state index in [-0.39, 0.29) is 12.5 Å². The van der Waals surface area contributed by atoms with Crippen LogP contribution in [0.3, 0.4) is 0 Å². The number of carboxylic acids is 1. The molecule has 1 atom stereocenters. The van der Waals surface area contributed by atoms with Crippen LogP contribution in [0.5, 0.6) is 0 Å². The minimum absolute atomic E-state index is 0.159. The van der Waals surface area contributed by atoms with E-state index in [0.717, 1.165) is 5.69 Å². The smallest absolute Gasteiger partial charge is 0.311 e. The number of benzene rings is 1. The lowest BCUT2D eigenvalue weighted by Crippen LogP contribution is -2.34. The summed E-state index contributed by atoms with van der Waals surface area (Å²) in [5.74, 6) is -1.02. The first-order valence-corrected chi connectivity index (χ1v) is 6.86. The number of amides is 1. The molecule has 1 aromatic carbocycles. The average molecular weight is 301 g/mol. The number of nitrogens with zero attached hydrogens (tertiary/aromatic N) is 5. The summed E-state index contributed by atoms with van der Waals surface area (Å²) >= 11 is 0. The van der Waals surface area contributed by atoms with Crippen molar-refractivity contribution in [2.24, 2.45) is 5.41 Å². The Balaban J connectivity index is 1.75. The van der Waals surface area contributed by atoms with E-state index in [4.69, 9.17) is 0 Å². The zero-order valence-electron chi connectivity index (χ0n) is 12.0. The van der Waals surface area contributed by atoms with Crippen molar-refractivity contribution in [3.8, 4) is 5.69 Å². The van der Waals surface area contributed by atoms with Gasteiger partial charge in [-0.2, -0.15) is 0 Å². The van der Waals surface area contributed by atoms with Gasteiger partial charge in [0.25, 0.3) is 5.91 Å². The van der Waals surface area contributed by atoms with Crippen LogP contribution in [0, 0.1) is 5.41 Å². The highest BCUT2D eigenvalue weighted by molar-refractivity contribution is 5.95. The molecule has 114 valence electrons. The molecule has 3 rings (SSSR count). The van der Waals surface area contributed by atoms with Gasteiger partial charge < -0.3 is 10.0 Å². The normalized spacial score (nSPS) is 21.0. The molecule has 2 heterocycles. The third-order valence-corrected chi connectivity index (χ3v) is 4.00. The monoisotopic (exact) mass is 301 g/mol. The zero-order valence-corrected chi connectivity index (χ0v) is 12.0. The van der Waals surface area contributed by atoms with Crippen molar-refractivity contribution < 1.29 is 14.7 Å². The van der Waals surface area contributed by atoms with Crippen LogP contribution in [0.1, 0.15) is 23.7 Å². The SMILES string of the molecule is C[C@@]1(C(=O)O)CCN(C(=O)c2ccc(-n3cnnn3)cc2)C1. The standard InChI is InChI=1S/C14H15N5O3/c1-14(13(21)22)6-7-18(8-14)12(20)10-2-4-11(5-3-10)19-9-15-16-17-19/h2-5,9H,6-8H2,1H3,(H,21,22)/t14-/m1/s1. The molecule has 1 aliphatic rings. The maximum absolute atomic E-state index is 12.4. The fourth-order valence-corrected chi connectivity index (χ4v) is 2.53. The number of hydrogen-bond acceptors (Lipinski definition) is 5. The molecule has 0 aliphatic carbocycles. The summed E-state index contributed by atoms with van der Waals surface area (Å²) in [6.07, 6.45) is 1.94. The van der Waals surface area contributed by atoms with Gasteiger partial charge in [0.05, 0.1) is 11.1 Å². The number of hydrogen-bond donors (Lipinski definition) is 1. The van der Waals surface area contributed by atoms with Crippen molar-refractivity contribution in [1.82, 2.24) is 25.1 Å². The Bertz CT molecular complexity index is 698. The van der Waals surface area contributed by atoms with Crippen LogP contribution in [0.25, 0.3) is 5.69 Å². The van der Waals surface area contributed by atoms with Gasteiger partial charge in [-0.1, -0.05) is 0 Å². The number of likely N-dealkylation sites (tertiary alicyclic amines) is 1. The van der Waals surface area contributed by atoms with Crippen molar-refractivity contribution in [2.75, 3.05) is 13.1 Å². The molecule has 1 fully saturated rings. The second kappa shape index (κ2) is 5.21. The van der Waals surface area contributed by atoms with E-state index in [2.05, 4.69) is 15.5 Å². The summed E-state index contributed by atoms with van der Waals surface area (Å²) in [5.41, 5.74) is 0.409. The topological polar surface area (TPSA) is 101 Å². The summed E-state index contributed by atoms with van der Waals surface area (Å²) < 4.78 is 1.49. The van der Waals surface area contributed by atoms with Crippen LogP contribution in [-0.4, -0.2) is 55.2 Å². The number of aliphatic carboxylic acids is 1. The molecule has 2 aromatic rings. The first-order chi connectivity index (χ1) is 10.5. The molecule has 1 aliphatic heterocycles. The third-order valence-electron chi connectivity index (χ3n) is 4.00. The van der Waals surface area contributed by atoms with Gasteiger partial charge in [-0.15, -0.1) is 5.10 Å². The van der Waals surface area contributed by atoms with Gasteiger partial charge in [0.15, 0.2) is 0 Å². The zero-order chi connectivity index (χ0) is 15.7. The highest BCUT2D eigenvalue weighted by Gasteiger charge is 2.42. The maximum Gasteiger partial charge on any atom is 0.311 e. The number of carbonyl (C=O) groups is 2. The van der Waals surface area contributed by atoms with Gasteiger partial charge in [-0.05, 0) is 48.0 Å². The van der Waals surface area contributed by atoms with E-state index >= 15 is 0 Å². The molecule has 22 heavy (non-hydrogen) atoms. The lowest BCUT2D eigenvalue weighted by Gasteiger charge is -2.20. The van der Waals surface area contributed by atoms with Crippen LogP contribution >= 0.6 is 0 Å². The molecule has 1 amide bonds. The summed E-state index contributed by atoms with van der Waals surface area (Å²) in [6, 6.07) is 6.87. The van der Waals surface area contributed by atoms with E-state index in [9.17, 15) is 14.7 Å². The van der Waals surface area contributed by atoms with Crippen molar-refractivity contribution in [3.63, 3.8) is 0 Å². The van der Waals surface area contributed by atoms with Crippen molar-refractivity contribution >= 4 is 11.9 Å². The van der Waals surface area contributed by atoms with Gasteiger partial charge in [0, 0.05) is 18.7 Å². The third kappa shape index (κ3) is 2.43. The second-order valence-electron chi connectivity index (χ2n) is 5.64. The summed E-state index contributed by atoms with van der Waals surface area (Å²) in [4.78, 5) is 25.3. The maximum atomic E-state index is 12.4. The van der Waals surface area contributed by atoms with E-state index in [1.807, 2.05) is 0 Å². The Hall–Kier alpha value is -2.77. The van der Waals surface area contributed by atoms with E-state index < -0.39 is 11.4 Å². The molecule has 0 bridgehead atoms. The Kier molecular flexibility index (Phi) is 3.36. The molecule has 0 radical (unpaired) electrons. The first-order valence-electron chi connectivity index (χ1n) is 6.86. The van der Waals surface area contributed by atoms with E-state index in [1.165, 1.54) is 11.0 Å². The van der Waals surface area contributed by atoms with Crippen molar-refractivity contribution in [1.29, 1.82) is 0 Å². The quantitative estimate of drug-likeness (QED) is 0.890. The van der Waals surface area contributed by atoms with Crippen LogP contribution in [-0.2, 0) is 4.79 Å². The number of carbonyl (C=O) groups excluding carboxylic acids is 1. The molecule has 0 unspecified atom stereocenters. The fourth-order valence-electron chi connectivity index (χ4n) is 2.53. The summed E-state index contributed by atoms with van der Waals surface area (Å²) in [7, 11) is 0. The second-order valence-corrected chi connectivity index (χ2v) is 5.64. The Morgan fingerprint density at radius 1 is 1.27 bits per heavy atom. The van der Waals surface area contributed by atoms with Gasteiger partial charge in [-0.3, -0.25) is 9.59 Å². The van der Waals surface area contributed by atoms with Crippen LogP contribution < -0.4 is 0 Å². The molecule has 0 spiro atoms. The molecule has 8 nitrogen and oxygen atoms in total. The highest BCUT2D eigenvalue weighted by Crippen LogP contribution is 2.31. The minimum Gasteiger partial charge on any atom is -0.481 e. The van der Waals surface area contributed by atoms with Gasteiger partial charge in [-0.25, -0.2) is 4.68 Å². The van der Waals surface area contributed by atoms with Gasteiger partial charge in [0.1, 0.15) is 6.33 Å². The van der Waals surface area contributed by atoms with Crippen LogP contribution in [0.4, 0.5) is 0 Å². The molecule has 1 saturated heterocycles. The highest BCUT2D eigenvalue weighted by atomic mass is 16.4. The lowest BCUT2D eigenvalue weighted by molar-refractivity contribution is -0.147. The minimum atomic E-state index is -0.864. The molecule has 8 heteroatoms. The van der Waals surface area contributed by atoms with Gasteiger partial charge in [0.2, 0.25) is 0 Å².